The van der Waals surface area contributed by atoms with Gasteiger partial charge in [0.05, 0.1) is 23.6 Å². The Balaban J connectivity index is 1.38. The van der Waals surface area contributed by atoms with Gasteiger partial charge in [-0.2, -0.15) is 0 Å². The van der Waals surface area contributed by atoms with Crippen LogP contribution in [0, 0.1) is 0 Å². The third-order valence-electron chi connectivity index (χ3n) is 4.87. The van der Waals surface area contributed by atoms with Gasteiger partial charge in [0.15, 0.2) is 0 Å². The zero-order chi connectivity index (χ0) is 22.5. The van der Waals surface area contributed by atoms with Crippen LogP contribution in [0.1, 0.15) is 21.7 Å². The van der Waals surface area contributed by atoms with E-state index >= 15 is 0 Å². The minimum atomic E-state index is -0.453. The smallest absolute Gasteiger partial charge is 0.273 e. The third kappa shape index (κ3) is 4.67. The van der Waals surface area contributed by atoms with Crippen molar-refractivity contribution in [2.24, 2.45) is 0 Å². The predicted octanol–water partition coefficient (Wildman–Crippen LogP) is 1.53. The lowest BCUT2D eigenvalue weighted by molar-refractivity contribution is -0.122. The van der Waals surface area contributed by atoms with Gasteiger partial charge in [-0.15, -0.1) is 0 Å². The molecule has 0 spiro atoms. The standard InChI is InChI=1S/C23H20N4O5/c28-20(14-27-23(31)19-9-2-1-8-18(19)22(30)26-27)24-12-15-5-3-6-16(11-15)21(29)25-13-17-7-4-10-32-17/h1-11H,12-14H2,(H,24,28)(H,25,29)(H,26,30). The first-order chi connectivity index (χ1) is 15.5. The van der Waals surface area contributed by atoms with Crippen LogP contribution in [0.15, 0.2) is 80.9 Å². The molecule has 9 heteroatoms. The summed E-state index contributed by atoms with van der Waals surface area (Å²) in [5.41, 5.74) is 0.258. The fourth-order valence-electron chi connectivity index (χ4n) is 3.26. The molecule has 0 bridgehead atoms. The number of H-pyrrole nitrogens is 1. The second kappa shape index (κ2) is 9.17. The van der Waals surface area contributed by atoms with Gasteiger partial charge in [0.2, 0.25) is 5.91 Å². The summed E-state index contributed by atoms with van der Waals surface area (Å²) in [4.78, 5) is 49.4. The first kappa shape index (κ1) is 20.9. The molecule has 2 amide bonds. The zero-order valence-electron chi connectivity index (χ0n) is 17.0. The Kier molecular flexibility index (Phi) is 5.98. The molecule has 0 aliphatic rings. The van der Waals surface area contributed by atoms with Crippen molar-refractivity contribution in [1.82, 2.24) is 20.4 Å². The maximum atomic E-state index is 12.5. The van der Waals surface area contributed by atoms with Crippen molar-refractivity contribution in [3.05, 3.63) is 105 Å². The van der Waals surface area contributed by atoms with Gasteiger partial charge in [-0.25, -0.2) is 4.68 Å². The number of rotatable bonds is 7. The van der Waals surface area contributed by atoms with Crippen LogP contribution in [0.25, 0.3) is 10.8 Å². The molecule has 0 fully saturated rings. The number of aromatic nitrogens is 2. The average Bonchev–Trinajstić information content (AvgIpc) is 3.33. The van der Waals surface area contributed by atoms with Crippen molar-refractivity contribution in [2.45, 2.75) is 19.6 Å². The van der Waals surface area contributed by atoms with E-state index in [1.165, 1.54) is 6.26 Å². The Morgan fingerprint density at radius 3 is 2.50 bits per heavy atom. The number of hydrogen-bond acceptors (Lipinski definition) is 5. The van der Waals surface area contributed by atoms with E-state index in [1.807, 2.05) is 0 Å². The Hall–Kier alpha value is -4.40. The number of carbonyl (C=O) groups is 2. The van der Waals surface area contributed by atoms with E-state index in [0.29, 0.717) is 16.9 Å². The van der Waals surface area contributed by atoms with Gasteiger partial charge in [-0.1, -0.05) is 24.3 Å². The highest BCUT2D eigenvalue weighted by atomic mass is 16.3. The molecule has 0 aliphatic heterocycles. The molecule has 3 N–H and O–H groups in total. The predicted molar refractivity (Wildman–Crippen MR) is 117 cm³/mol. The maximum absolute atomic E-state index is 12.5. The molecule has 162 valence electrons. The zero-order valence-corrected chi connectivity index (χ0v) is 17.0. The number of hydrogen-bond donors (Lipinski definition) is 3. The number of benzene rings is 2. The summed E-state index contributed by atoms with van der Waals surface area (Å²) < 4.78 is 6.17. The fraction of sp³-hybridized carbons (Fsp3) is 0.130. The number of furan rings is 1. The number of carbonyl (C=O) groups excluding carboxylic acids is 2. The van der Waals surface area contributed by atoms with Crippen LogP contribution in [0.5, 0.6) is 0 Å². The number of amides is 2. The molecule has 32 heavy (non-hydrogen) atoms. The van der Waals surface area contributed by atoms with E-state index in [2.05, 4.69) is 15.7 Å². The topological polar surface area (TPSA) is 126 Å². The normalized spacial score (nSPS) is 10.8. The Morgan fingerprint density at radius 1 is 0.906 bits per heavy atom. The highest BCUT2D eigenvalue weighted by molar-refractivity contribution is 5.94. The molecule has 0 unspecified atom stereocenters. The molecule has 2 heterocycles. The lowest BCUT2D eigenvalue weighted by Crippen LogP contribution is -2.36. The van der Waals surface area contributed by atoms with Crippen LogP contribution >= 0.6 is 0 Å². The van der Waals surface area contributed by atoms with Gasteiger partial charge in [0.1, 0.15) is 12.3 Å². The summed E-state index contributed by atoms with van der Waals surface area (Å²) in [5, 5.41) is 8.40. The highest BCUT2D eigenvalue weighted by Crippen LogP contribution is 2.07. The van der Waals surface area contributed by atoms with E-state index < -0.39 is 17.0 Å². The number of fused-ring (bicyclic) bond motifs is 1. The maximum Gasteiger partial charge on any atom is 0.273 e. The van der Waals surface area contributed by atoms with Crippen molar-refractivity contribution in [3.63, 3.8) is 0 Å². The van der Waals surface area contributed by atoms with Crippen molar-refractivity contribution >= 4 is 22.6 Å². The van der Waals surface area contributed by atoms with Gasteiger partial charge < -0.3 is 15.1 Å². The number of nitrogens with one attached hydrogen (secondary N) is 3. The molecule has 0 saturated carbocycles. The molecule has 0 radical (unpaired) electrons. The minimum absolute atomic E-state index is 0.157. The number of aromatic amines is 1. The summed E-state index contributed by atoms with van der Waals surface area (Å²) in [6, 6.07) is 16.8. The van der Waals surface area contributed by atoms with Crippen molar-refractivity contribution in [1.29, 1.82) is 0 Å². The second-order valence-corrected chi connectivity index (χ2v) is 7.12. The second-order valence-electron chi connectivity index (χ2n) is 7.12. The quantitative estimate of drug-likeness (QED) is 0.408. The van der Waals surface area contributed by atoms with Crippen LogP contribution < -0.4 is 21.8 Å². The molecule has 9 nitrogen and oxygen atoms in total. The van der Waals surface area contributed by atoms with Crippen molar-refractivity contribution < 1.29 is 14.0 Å². The summed E-state index contributed by atoms with van der Waals surface area (Å²) in [6.07, 6.45) is 1.53. The first-order valence-corrected chi connectivity index (χ1v) is 9.89. The SMILES string of the molecule is O=C(Cn1[nH]c(=O)c2ccccc2c1=O)NCc1cccc(C(=O)NCc2ccco2)c1. The van der Waals surface area contributed by atoms with Crippen molar-refractivity contribution in [2.75, 3.05) is 0 Å². The van der Waals surface area contributed by atoms with Gasteiger partial charge in [0, 0.05) is 12.1 Å². The third-order valence-corrected chi connectivity index (χ3v) is 4.87. The average molecular weight is 432 g/mol. The van der Waals surface area contributed by atoms with Crippen LogP contribution in [0.3, 0.4) is 0 Å². The summed E-state index contributed by atoms with van der Waals surface area (Å²) in [5.74, 6) is -0.0793. The molecule has 4 aromatic rings. The first-order valence-electron chi connectivity index (χ1n) is 9.89. The van der Waals surface area contributed by atoms with Crippen LogP contribution in [-0.4, -0.2) is 21.6 Å². The molecular formula is C23H20N4O5. The Morgan fingerprint density at radius 2 is 1.72 bits per heavy atom. The summed E-state index contributed by atoms with van der Waals surface area (Å²) in [7, 11) is 0. The molecule has 0 saturated heterocycles. The minimum Gasteiger partial charge on any atom is -0.467 e. The van der Waals surface area contributed by atoms with Crippen LogP contribution in [0.4, 0.5) is 0 Å². The molecule has 0 atom stereocenters. The molecule has 0 aliphatic carbocycles. The summed E-state index contributed by atoms with van der Waals surface area (Å²) in [6.45, 7) is 0.0957. The van der Waals surface area contributed by atoms with Crippen LogP contribution in [0.2, 0.25) is 0 Å². The Labute approximate surface area is 181 Å². The van der Waals surface area contributed by atoms with Gasteiger partial charge >= 0.3 is 0 Å². The van der Waals surface area contributed by atoms with E-state index in [4.69, 9.17) is 4.42 Å². The van der Waals surface area contributed by atoms with Gasteiger partial charge in [-0.3, -0.25) is 24.3 Å². The van der Waals surface area contributed by atoms with E-state index in [-0.39, 0.29) is 36.3 Å². The fourth-order valence-corrected chi connectivity index (χ4v) is 3.26. The molecule has 2 aromatic heterocycles. The Bertz CT molecular complexity index is 1390. The largest absolute Gasteiger partial charge is 0.467 e. The highest BCUT2D eigenvalue weighted by Gasteiger charge is 2.11. The van der Waals surface area contributed by atoms with Gasteiger partial charge in [0.25, 0.3) is 17.0 Å². The molecule has 2 aromatic carbocycles. The lowest BCUT2D eigenvalue weighted by Gasteiger charge is -2.09. The summed E-state index contributed by atoms with van der Waals surface area (Å²) >= 11 is 0. The monoisotopic (exact) mass is 432 g/mol. The molecule has 4 rings (SSSR count). The van der Waals surface area contributed by atoms with Gasteiger partial charge in [-0.05, 0) is 42.0 Å². The number of nitrogens with zero attached hydrogens (tertiary/aromatic N) is 1. The van der Waals surface area contributed by atoms with E-state index in [0.717, 1.165) is 4.68 Å². The lowest BCUT2D eigenvalue weighted by atomic mass is 10.1. The van der Waals surface area contributed by atoms with Crippen molar-refractivity contribution in [3.8, 4) is 0 Å². The van der Waals surface area contributed by atoms with E-state index in [9.17, 15) is 19.2 Å². The van der Waals surface area contributed by atoms with Crippen LogP contribution in [-0.2, 0) is 24.4 Å². The molecular weight excluding hydrogens is 412 g/mol. The van der Waals surface area contributed by atoms with E-state index in [1.54, 1.807) is 60.7 Å².